The maximum absolute atomic E-state index is 5.80. The minimum Gasteiger partial charge on any atom is -0.399 e. The Kier molecular flexibility index (Phi) is 2.04. The number of rotatable bonds is 1. The molecule has 1 aromatic carbocycles. The van der Waals surface area contributed by atoms with Gasteiger partial charge in [0.1, 0.15) is 0 Å². The van der Waals surface area contributed by atoms with Crippen molar-refractivity contribution in [3.63, 3.8) is 0 Å². The first-order valence-electron chi connectivity index (χ1n) is 5.28. The summed E-state index contributed by atoms with van der Waals surface area (Å²) < 4.78 is 1.85. The average Bonchev–Trinajstić information content (AvgIpc) is 2.76. The third kappa shape index (κ3) is 1.52. The maximum Gasteiger partial charge on any atom is 0.255 e. The summed E-state index contributed by atoms with van der Waals surface area (Å²) >= 11 is 0. The van der Waals surface area contributed by atoms with Crippen molar-refractivity contribution in [1.29, 1.82) is 0 Å². The van der Waals surface area contributed by atoms with Crippen molar-refractivity contribution in [2.24, 2.45) is 0 Å². The molecule has 0 aliphatic carbocycles. The van der Waals surface area contributed by atoms with Gasteiger partial charge in [0.2, 0.25) is 0 Å². The molecule has 2 N–H and O–H groups in total. The monoisotopic (exact) mass is 225 g/mol. The van der Waals surface area contributed by atoms with Crippen LogP contribution in [0.5, 0.6) is 0 Å². The smallest absolute Gasteiger partial charge is 0.255 e. The van der Waals surface area contributed by atoms with Crippen molar-refractivity contribution in [2.45, 2.75) is 6.92 Å². The van der Waals surface area contributed by atoms with Crippen molar-refractivity contribution in [1.82, 2.24) is 19.6 Å². The number of nitrogen functional groups attached to an aromatic ring is 1. The first-order valence-corrected chi connectivity index (χ1v) is 5.28. The van der Waals surface area contributed by atoms with Gasteiger partial charge in [-0.15, -0.1) is 10.2 Å². The number of anilines is 1. The molecule has 17 heavy (non-hydrogen) atoms. The predicted molar refractivity (Wildman–Crippen MR) is 65.4 cm³/mol. The van der Waals surface area contributed by atoms with E-state index in [2.05, 4.69) is 15.2 Å². The maximum atomic E-state index is 5.80. The molecule has 0 bridgehead atoms. The number of nitrogens with zero attached hydrogens (tertiary/aromatic N) is 4. The van der Waals surface area contributed by atoms with Crippen molar-refractivity contribution < 1.29 is 0 Å². The zero-order valence-corrected chi connectivity index (χ0v) is 9.33. The Hall–Kier alpha value is -2.43. The number of benzene rings is 1. The largest absolute Gasteiger partial charge is 0.399 e. The van der Waals surface area contributed by atoms with Crippen molar-refractivity contribution in [3.05, 3.63) is 42.2 Å². The fourth-order valence-electron chi connectivity index (χ4n) is 1.75. The molecule has 0 aliphatic heterocycles. The minimum absolute atomic E-state index is 0.594. The Morgan fingerprint density at radius 3 is 2.94 bits per heavy atom. The van der Waals surface area contributed by atoms with Gasteiger partial charge in [0.05, 0.1) is 0 Å². The van der Waals surface area contributed by atoms with Crippen LogP contribution in [0.4, 0.5) is 5.69 Å². The third-order valence-electron chi connectivity index (χ3n) is 2.72. The highest BCUT2D eigenvalue weighted by Gasteiger charge is 2.08. The Morgan fingerprint density at radius 2 is 2.12 bits per heavy atom. The molecule has 0 fully saturated rings. The van der Waals surface area contributed by atoms with E-state index in [-0.39, 0.29) is 0 Å². The standard InChI is InChI=1S/C12H11N5/c1-8-7-9(3-4-10(8)13)11-15-16-12-14-5-2-6-17(11)12/h2-7H,13H2,1H3. The lowest BCUT2D eigenvalue weighted by Crippen LogP contribution is -1.93. The number of hydrogen-bond donors (Lipinski definition) is 1. The quantitative estimate of drug-likeness (QED) is 0.640. The molecule has 0 aliphatic rings. The molecule has 5 heteroatoms. The van der Waals surface area contributed by atoms with Gasteiger partial charge in [0.15, 0.2) is 5.82 Å². The highest BCUT2D eigenvalue weighted by molar-refractivity contribution is 5.63. The summed E-state index contributed by atoms with van der Waals surface area (Å²) in [6.07, 6.45) is 3.59. The molecule has 5 nitrogen and oxygen atoms in total. The molecule has 84 valence electrons. The molecular weight excluding hydrogens is 214 g/mol. The predicted octanol–water partition coefficient (Wildman–Crippen LogP) is 1.68. The van der Waals surface area contributed by atoms with Crippen LogP contribution in [0, 0.1) is 6.92 Å². The molecule has 2 heterocycles. The van der Waals surface area contributed by atoms with E-state index < -0.39 is 0 Å². The first kappa shape index (κ1) is 9.77. The summed E-state index contributed by atoms with van der Waals surface area (Å²) in [6.45, 7) is 1.97. The van der Waals surface area contributed by atoms with E-state index in [1.165, 1.54) is 0 Å². The molecule has 3 rings (SSSR count). The van der Waals surface area contributed by atoms with Crippen LogP contribution in [0.25, 0.3) is 17.2 Å². The van der Waals surface area contributed by atoms with Crippen LogP contribution in [0.1, 0.15) is 5.56 Å². The van der Waals surface area contributed by atoms with Gasteiger partial charge in [-0.05, 0) is 36.8 Å². The fourth-order valence-corrected chi connectivity index (χ4v) is 1.75. The van der Waals surface area contributed by atoms with E-state index in [9.17, 15) is 0 Å². The van der Waals surface area contributed by atoms with Crippen molar-refractivity contribution in [2.75, 3.05) is 5.73 Å². The van der Waals surface area contributed by atoms with E-state index >= 15 is 0 Å². The van der Waals surface area contributed by atoms with E-state index in [0.717, 1.165) is 22.6 Å². The van der Waals surface area contributed by atoms with Gasteiger partial charge >= 0.3 is 0 Å². The Balaban J connectivity index is 2.24. The lowest BCUT2D eigenvalue weighted by molar-refractivity contribution is 1.10. The number of fused-ring (bicyclic) bond motifs is 1. The normalized spacial score (nSPS) is 10.9. The van der Waals surface area contributed by atoms with Gasteiger partial charge in [0.25, 0.3) is 5.78 Å². The first-order chi connectivity index (χ1) is 8.25. The van der Waals surface area contributed by atoms with Gasteiger partial charge in [-0.2, -0.15) is 0 Å². The van der Waals surface area contributed by atoms with Crippen LogP contribution < -0.4 is 5.73 Å². The molecule has 2 aromatic heterocycles. The highest BCUT2D eigenvalue weighted by Crippen LogP contribution is 2.21. The molecule has 0 saturated heterocycles. The fraction of sp³-hybridized carbons (Fsp3) is 0.0833. The molecule has 3 aromatic rings. The molecule has 0 saturated carbocycles. The van der Waals surface area contributed by atoms with Gasteiger partial charge in [-0.1, -0.05) is 0 Å². The zero-order chi connectivity index (χ0) is 11.8. The van der Waals surface area contributed by atoms with Gasteiger partial charge in [-0.25, -0.2) is 4.98 Å². The number of hydrogen-bond acceptors (Lipinski definition) is 4. The summed E-state index contributed by atoms with van der Waals surface area (Å²) in [5.74, 6) is 1.37. The van der Waals surface area contributed by atoms with Crippen LogP contribution in [0.15, 0.2) is 36.7 Å². The molecule has 0 amide bonds. The van der Waals surface area contributed by atoms with Crippen molar-refractivity contribution >= 4 is 11.5 Å². The summed E-state index contributed by atoms with van der Waals surface area (Å²) in [5.41, 5.74) is 8.59. The average molecular weight is 225 g/mol. The zero-order valence-electron chi connectivity index (χ0n) is 9.33. The summed E-state index contributed by atoms with van der Waals surface area (Å²) in [7, 11) is 0. The van der Waals surface area contributed by atoms with E-state index in [1.807, 2.05) is 41.8 Å². The van der Waals surface area contributed by atoms with E-state index in [4.69, 9.17) is 5.73 Å². The highest BCUT2D eigenvalue weighted by atomic mass is 15.3. The number of nitrogens with two attached hydrogens (primary N) is 1. The van der Waals surface area contributed by atoms with Crippen LogP contribution in [-0.4, -0.2) is 19.6 Å². The van der Waals surface area contributed by atoms with Crippen LogP contribution in [0.2, 0.25) is 0 Å². The van der Waals surface area contributed by atoms with Gasteiger partial charge < -0.3 is 5.73 Å². The second kappa shape index (κ2) is 3.55. The van der Waals surface area contributed by atoms with Gasteiger partial charge in [-0.3, -0.25) is 4.40 Å². The SMILES string of the molecule is Cc1cc(-c2nnc3ncccn23)ccc1N. The van der Waals surface area contributed by atoms with Crippen molar-refractivity contribution in [3.8, 4) is 11.4 Å². The second-order valence-corrected chi connectivity index (χ2v) is 3.88. The van der Waals surface area contributed by atoms with E-state index in [1.54, 1.807) is 6.20 Å². The van der Waals surface area contributed by atoms with E-state index in [0.29, 0.717) is 5.78 Å². The Labute approximate surface area is 97.9 Å². The van der Waals surface area contributed by atoms with Crippen LogP contribution in [-0.2, 0) is 0 Å². The summed E-state index contributed by atoms with van der Waals surface area (Å²) in [6, 6.07) is 7.66. The summed E-state index contributed by atoms with van der Waals surface area (Å²) in [5, 5.41) is 8.16. The minimum atomic E-state index is 0.594. The molecule has 0 unspecified atom stereocenters. The molecule has 0 atom stereocenters. The third-order valence-corrected chi connectivity index (χ3v) is 2.72. The van der Waals surface area contributed by atoms with Gasteiger partial charge in [0, 0.05) is 23.6 Å². The molecule has 0 radical (unpaired) electrons. The lowest BCUT2D eigenvalue weighted by Gasteiger charge is -2.03. The Bertz CT molecular complexity index is 686. The van der Waals surface area contributed by atoms with Crippen LogP contribution in [0.3, 0.4) is 0 Å². The topological polar surface area (TPSA) is 69.1 Å². The lowest BCUT2D eigenvalue weighted by atomic mass is 10.1. The molecular formula is C12H11N5. The Morgan fingerprint density at radius 1 is 1.24 bits per heavy atom. The second-order valence-electron chi connectivity index (χ2n) is 3.88. The van der Waals surface area contributed by atoms with Crippen LogP contribution >= 0.6 is 0 Å². The molecule has 0 spiro atoms. The number of aromatic nitrogens is 4. The number of aryl methyl sites for hydroxylation is 1. The summed E-state index contributed by atoms with van der Waals surface area (Å²) in [4.78, 5) is 4.13.